The molecule has 1 heterocycles. The van der Waals surface area contributed by atoms with Crippen LogP contribution in [0.3, 0.4) is 0 Å². The zero-order valence-electron chi connectivity index (χ0n) is 12.8. The van der Waals surface area contributed by atoms with E-state index in [0.717, 1.165) is 11.0 Å². The van der Waals surface area contributed by atoms with E-state index in [2.05, 4.69) is 9.97 Å². The lowest BCUT2D eigenvalue weighted by Gasteiger charge is -2.01. The quantitative estimate of drug-likeness (QED) is 0.411. The highest BCUT2D eigenvalue weighted by molar-refractivity contribution is 5.98. The molecule has 0 aliphatic rings. The molecule has 3 rings (SSSR count). The Kier molecular flexibility index (Phi) is 4.72. The molecule has 1 aromatic heterocycles. The van der Waals surface area contributed by atoms with Gasteiger partial charge in [0.2, 0.25) is 0 Å². The SMILES string of the molecule is O=C(/C=C/c1cnc2ccccc2n1)OCC(=O)c1ccccc1. The second kappa shape index (κ2) is 7.28. The molecule has 0 saturated heterocycles. The second-order valence-corrected chi connectivity index (χ2v) is 5.01. The van der Waals surface area contributed by atoms with Crippen LogP contribution in [0.4, 0.5) is 0 Å². The minimum Gasteiger partial charge on any atom is -0.454 e. The third-order valence-electron chi connectivity index (χ3n) is 3.30. The molecular weight excluding hydrogens is 304 g/mol. The van der Waals surface area contributed by atoms with Gasteiger partial charge in [-0.3, -0.25) is 9.78 Å². The summed E-state index contributed by atoms with van der Waals surface area (Å²) in [6.45, 7) is -0.295. The zero-order valence-corrected chi connectivity index (χ0v) is 12.8. The number of fused-ring (bicyclic) bond motifs is 1. The molecule has 0 spiro atoms. The minimum absolute atomic E-state index is 0.247. The maximum atomic E-state index is 11.8. The number of aromatic nitrogens is 2. The third-order valence-corrected chi connectivity index (χ3v) is 3.30. The lowest BCUT2D eigenvalue weighted by atomic mass is 10.1. The van der Waals surface area contributed by atoms with Crippen LogP contribution < -0.4 is 0 Å². The number of esters is 1. The van der Waals surface area contributed by atoms with Gasteiger partial charge in [-0.15, -0.1) is 0 Å². The molecule has 0 fully saturated rings. The number of ketones is 1. The molecule has 0 unspecified atom stereocenters. The van der Waals surface area contributed by atoms with Crippen LogP contribution in [0.1, 0.15) is 16.1 Å². The maximum absolute atomic E-state index is 11.8. The van der Waals surface area contributed by atoms with Gasteiger partial charge in [-0.25, -0.2) is 9.78 Å². The van der Waals surface area contributed by atoms with E-state index in [9.17, 15) is 9.59 Å². The number of para-hydroxylation sites is 2. The van der Waals surface area contributed by atoms with E-state index in [4.69, 9.17) is 4.74 Å². The van der Waals surface area contributed by atoms with Crippen molar-refractivity contribution in [2.45, 2.75) is 0 Å². The average Bonchev–Trinajstić information content (AvgIpc) is 2.65. The Morgan fingerprint density at radius 2 is 1.67 bits per heavy atom. The predicted octanol–water partition coefficient (Wildman–Crippen LogP) is 3.07. The van der Waals surface area contributed by atoms with Crippen LogP contribution in [0, 0.1) is 0 Å². The number of Topliss-reactive ketones (excluding diaryl/α,β-unsaturated/α-hetero) is 1. The fourth-order valence-electron chi connectivity index (χ4n) is 2.10. The first-order valence-electron chi connectivity index (χ1n) is 7.37. The van der Waals surface area contributed by atoms with Gasteiger partial charge in [-0.05, 0) is 18.2 Å². The van der Waals surface area contributed by atoms with Gasteiger partial charge in [-0.1, -0.05) is 42.5 Å². The van der Waals surface area contributed by atoms with Crippen molar-refractivity contribution in [2.75, 3.05) is 6.61 Å². The van der Waals surface area contributed by atoms with Crippen LogP contribution in [0.2, 0.25) is 0 Å². The minimum atomic E-state index is -0.603. The number of ether oxygens (including phenoxy) is 1. The molecule has 0 atom stereocenters. The first kappa shape index (κ1) is 15.6. The van der Waals surface area contributed by atoms with Gasteiger partial charge in [0.15, 0.2) is 12.4 Å². The number of benzene rings is 2. The van der Waals surface area contributed by atoms with Crippen LogP contribution in [-0.4, -0.2) is 28.3 Å². The summed E-state index contributed by atoms with van der Waals surface area (Å²) in [6.07, 6.45) is 4.31. The average molecular weight is 318 g/mol. The lowest BCUT2D eigenvalue weighted by molar-refractivity contribution is -0.136. The summed E-state index contributed by atoms with van der Waals surface area (Å²) >= 11 is 0. The summed E-state index contributed by atoms with van der Waals surface area (Å²) in [7, 11) is 0. The highest BCUT2D eigenvalue weighted by atomic mass is 16.5. The Bertz CT molecular complexity index is 905. The standard InChI is InChI=1S/C19H14N2O3/c22-18(14-6-2-1-3-7-14)13-24-19(23)11-10-15-12-20-16-8-4-5-9-17(16)21-15/h1-12H,13H2/b11-10+. The van der Waals surface area contributed by atoms with Crippen molar-refractivity contribution in [2.24, 2.45) is 0 Å². The number of hydrogen-bond acceptors (Lipinski definition) is 5. The van der Waals surface area contributed by atoms with Crippen LogP contribution in [0.25, 0.3) is 17.1 Å². The number of hydrogen-bond donors (Lipinski definition) is 0. The Labute approximate surface area is 138 Å². The molecule has 118 valence electrons. The van der Waals surface area contributed by atoms with Crippen molar-refractivity contribution in [1.29, 1.82) is 0 Å². The van der Waals surface area contributed by atoms with E-state index in [0.29, 0.717) is 11.3 Å². The normalized spacial score (nSPS) is 10.8. The number of carbonyl (C=O) groups is 2. The molecular formula is C19H14N2O3. The predicted molar refractivity (Wildman–Crippen MR) is 90.3 cm³/mol. The summed E-state index contributed by atoms with van der Waals surface area (Å²) in [5.41, 5.74) is 2.58. The van der Waals surface area contributed by atoms with Crippen molar-refractivity contribution in [3.8, 4) is 0 Å². The third kappa shape index (κ3) is 3.89. The summed E-state index contributed by atoms with van der Waals surface area (Å²) < 4.78 is 4.94. The maximum Gasteiger partial charge on any atom is 0.331 e. The van der Waals surface area contributed by atoms with E-state index in [1.165, 1.54) is 12.2 Å². The topological polar surface area (TPSA) is 69.2 Å². The van der Waals surface area contributed by atoms with Crippen molar-refractivity contribution >= 4 is 28.9 Å². The van der Waals surface area contributed by atoms with Crippen LogP contribution in [0.15, 0.2) is 66.9 Å². The molecule has 5 nitrogen and oxygen atoms in total. The number of rotatable bonds is 5. The van der Waals surface area contributed by atoms with E-state index in [-0.39, 0.29) is 12.4 Å². The molecule has 0 saturated carbocycles. The summed E-state index contributed by atoms with van der Waals surface area (Å²) in [6, 6.07) is 16.1. The molecule has 3 aromatic rings. The Hall–Kier alpha value is -3.34. The van der Waals surface area contributed by atoms with Gasteiger partial charge in [-0.2, -0.15) is 0 Å². The van der Waals surface area contributed by atoms with Crippen LogP contribution in [-0.2, 0) is 9.53 Å². The van der Waals surface area contributed by atoms with Crippen LogP contribution in [0.5, 0.6) is 0 Å². The number of carbonyl (C=O) groups excluding carboxylic acids is 2. The molecule has 0 radical (unpaired) electrons. The zero-order chi connectivity index (χ0) is 16.8. The van der Waals surface area contributed by atoms with Crippen molar-refractivity contribution in [3.05, 3.63) is 78.1 Å². The Morgan fingerprint density at radius 3 is 2.46 bits per heavy atom. The van der Waals surface area contributed by atoms with Crippen LogP contribution >= 0.6 is 0 Å². The molecule has 2 aromatic carbocycles. The molecule has 0 N–H and O–H groups in total. The first-order valence-corrected chi connectivity index (χ1v) is 7.37. The van der Waals surface area contributed by atoms with Crippen molar-refractivity contribution in [1.82, 2.24) is 9.97 Å². The fraction of sp³-hybridized carbons (Fsp3) is 0.0526. The van der Waals surface area contributed by atoms with Gasteiger partial charge in [0.1, 0.15) is 0 Å². The molecule has 0 amide bonds. The summed E-state index contributed by atoms with van der Waals surface area (Å²) in [4.78, 5) is 32.2. The molecule has 0 bridgehead atoms. The Balaban J connectivity index is 1.59. The van der Waals surface area contributed by atoms with E-state index < -0.39 is 5.97 Å². The van der Waals surface area contributed by atoms with Crippen molar-refractivity contribution < 1.29 is 14.3 Å². The Morgan fingerprint density at radius 1 is 0.958 bits per heavy atom. The summed E-state index contributed by atoms with van der Waals surface area (Å²) in [5.74, 6) is -0.850. The van der Waals surface area contributed by atoms with Crippen molar-refractivity contribution in [3.63, 3.8) is 0 Å². The van der Waals surface area contributed by atoms with Gasteiger partial charge in [0.05, 0.1) is 22.9 Å². The van der Waals surface area contributed by atoms with E-state index in [1.54, 1.807) is 30.5 Å². The van der Waals surface area contributed by atoms with Gasteiger partial charge >= 0.3 is 5.97 Å². The molecule has 0 aliphatic heterocycles. The highest BCUT2D eigenvalue weighted by Crippen LogP contribution is 2.09. The smallest absolute Gasteiger partial charge is 0.331 e. The van der Waals surface area contributed by atoms with E-state index >= 15 is 0 Å². The second-order valence-electron chi connectivity index (χ2n) is 5.01. The molecule has 0 aliphatic carbocycles. The van der Waals surface area contributed by atoms with E-state index in [1.807, 2.05) is 30.3 Å². The molecule has 24 heavy (non-hydrogen) atoms. The first-order chi connectivity index (χ1) is 11.7. The fourth-order valence-corrected chi connectivity index (χ4v) is 2.10. The summed E-state index contributed by atoms with van der Waals surface area (Å²) in [5, 5.41) is 0. The number of nitrogens with zero attached hydrogens (tertiary/aromatic N) is 2. The monoisotopic (exact) mass is 318 g/mol. The largest absolute Gasteiger partial charge is 0.454 e. The van der Waals surface area contributed by atoms with Gasteiger partial charge < -0.3 is 4.74 Å². The van der Waals surface area contributed by atoms with Gasteiger partial charge in [0, 0.05) is 11.6 Å². The highest BCUT2D eigenvalue weighted by Gasteiger charge is 2.07. The lowest BCUT2D eigenvalue weighted by Crippen LogP contribution is -2.12. The van der Waals surface area contributed by atoms with Gasteiger partial charge in [0.25, 0.3) is 0 Å². The molecule has 5 heteroatoms.